The number of H-pyrrole nitrogens is 1. The summed E-state index contributed by atoms with van der Waals surface area (Å²) in [7, 11) is 1.46. The molecule has 0 radical (unpaired) electrons. The molecule has 0 amide bonds. The summed E-state index contributed by atoms with van der Waals surface area (Å²) in [6, 6.07) is 0.168. The summed E-state index contributed by atoms with van der Waals surface area (Å²) < 4.78 is 10.4. The Morgan fingerprint density at radius 3 is 3.00 bits per heavy atom. The molecule has 7 heteroatoms. The number of hydrogen-bond donors (Lipinski definition) is 2. The van der Waals surface area contributed by atoms with E-state index in [1.54, 1.807) is 0 Å². The minimum atomic E-state index is -0.279. The van der Waals surface area contributed by atoms with Crippen molar-refractivity contribution in [1.82, 2.24) is 14.9 Å². The lowest BCUT2D eigenvalue weighted by Gasteiger charge is -2.29. The second-order valence-corrected chi connectivity index (χ2v) is 4.57. The van der Waals surface area contributed by atoms with Crippen LogP contribution in [0.3, 0.4) is 0 Å². The quantitative estimate of drug-likeness (QED) is 0.777. The summed E-state index contributed by atoms with van der Waals surface area (Å²) in [5.41, 5.74) is -0.279. The number of rotatable bonds is 5. The molecule has 1 saturated heterocycles. The van der Waals surface area contributed by atoms with E-state index in [0.717, 1.165) is 32.8 Å². The summed E-state index contributed by atoms with van der Waals surface area (Å²) in [6.07, 6.45) is 1.37. The molecular weight excluding hydrogens is 248 g/mol. The van der Waals surface area contributed by atoms with E-state index in [2.05, 4.69) is 27.1 Å². The Morgan fingerprint density at radius 1 is 1.58 bits per heavy atom. The summed E-state index contributed by atoms with van der Waals surface area (Å²) in [4.78, 5) is 20.5. The van der Waals surface area contributed by atoms with Crippen molar-refractivity contribution in [3.63, 3.8) is 0 Å². The predicted molar refractivity (Wildman–Crippen MR) is 71.8 cm³/mol. The van der Waals surface area contributed by atoms with Gasteiger partial charge < -0.3 is 19.8 Å². The van der Waals surface area contributed by atoms with Gasteiger partial charge in [-0.1, -0.05) is 0 Å². The highest BCUT2D eigenvalue weighted by atomic mass is 16.5. The van der Waals surface area contributed by atoms with Crippen LogP contribution in [0.2, 0.25) is 0 Å². The SMILES string of the molecule is COc1c(NC(C)CN2CCOCC2)nc[nH]c1=O. The summed E-state index contributed by atoms with van der Waals surface area (Å²) >= 11 is 0. The smallest absolute Gasteiger partial charge is 0.295 e. The first-order valence-corrected chi connectivity index (χ1v) is 6.39. The van der Waals surface area contributed by atoms with Gasteiger partial charge in [-0.15, -0.1) is 0 Å². The minimum absolute atomic E-state index is 0.168. The van der Waals surface area contributed by atoms with Crippen molar-refractivity contribution in [2.75, 3.05) is 45.3 Å². The van der Waals surface area contributed by atoms with Crippen molar-refractivity contribution < 1.29 is 9.47 Å². The van der Waals surface area contributed by atoms with Crippen LogP contribution < -0.4 is 15.6 Å². The van der Waals surface area contributed by atoms with E-state index >= 15 is 0 Å². The van der Waals surface area contributed by atoms with Crippen molar-refractivity contribution >= 4 is 5.82 Å². The first-order valence-electron chi connectivity index (χ1n) is 6.39. The molecule has 7 nitrogen and oxygen atoms in total. The van der Waals surface area contributed by atoms with Crippen LogP contribution in [-0.2, 0) is 4.74 Å². The summed E-state index contributed by atoms with van der Waals surface area (Å²) in [6.45, 7) is 6.36. The molecule has 1 unspecified atom stereocenters. The van der Waals surface area contributed by atoms with Gasteiger partial charge in [-0.05, 0) is 6.92 Å². The third kappa shape index (κ3) is 3.68. The Morgan fingerprint density at radius 2 is 2.32 bits per heavy atom. The molecule has 1 fully saturated rings. The molecule has 0 aliphatic carbocycles. The van der Waals surface area contributed by atoms with Crippen molar-refractivity contribution in [2.45, 2.75) is 13.0 Å². The summed E-state index contributed by atoms with van der Waals surface area (Å²) in [5, 5.41) is 3.21. The van der Waals surface area contributed by atoms with Crippen LogP contribution in [0.1, 0.15) is 6.92 Å². The predicted octanol–water partition coefficient (Wildman–Crippen LogP) is -0.0889. The molecule has 2 heterocycles. The highest BCUT2D eigenvalue weighted by Crippen LogP contribution is 2.15. The first kappa shape index (κ1) is 13.8. The van der Waals surface area contributed by atoms with Crippen molar-refractivity contribution in [3.05, 3.63) is 16.7 Å². The van der Waals surface area contributed by atoms with Gasteiger partial charge in [-0.2, -0.15) is 0 Å². The van der Waals surface area contributed by atoms with Gasteiger partial charge in [0.2, 0.25) is 5.75 Å². The van der Waals surface area contributed by atoms with Gasteiger partial charge in [0.25, 0.3) is 5.56 Å². The highest BCUT2D eigenvalue weighted by molar-refractivity contribution is 5.48. The monoisotopic (exact) mass is 268 g/mol. The van der Waals surface area contributed by atoms with E-state index in [0.29, 0.717) is 5.82 Å². The lowest BCUT2D eigenvalue weighted by molar-refractivity contribution is 0.0368. The fourth-order valence-electron chi connectivity index (χ4n) is 2.13. The third-order valence-electron chi connectivity index (χ3n) is 3.03. The lowest BCUT2D eigenvalue weighted by atomic mass is 10.3. The number of nitrogens with zero attached hydrogens (tertiary/aromatic N) is 2. The molecule has 19 heavy (non-hydrogen) atoms. The average molecular weight is 268 g/mol. The molecule has 1 aliphatic rings. The number of ether oxygens (including phenoxy) is 2. The second kappa shape index (κ2) is 6.53. The molecule has 2 rings (SSSR count). The van der Waals surface area contributed by atoms with Crippen molar-refractivity contribution in [3.8, 4) is 5.75 Å². The molecule has 1 aromatic heterocycles. The minimum Gasteiger partial charge on any atom is -0.489 e. The van der Waals surface area contributed by atoms with Gasteiger partial charge >= 0.3 is 0 Å². The average Bonchev–Trinajstić information content (AvgIpc) is 2.40. The van der Waals surface area contributed by atoms with E-state index in [1.807, 2.05) is 0 Å². The lowest BCUT2D eigenvalue weighted by Crippen LogP contribution is -2.42. The number of hydrogen-bond acceptors (Lipinski definition) is 6. The molecule has 1 atom stereocenters. The molecule has 0 aromatic carbocycles. The van der Waals surface area contributed by atoms with Gasteiger partial charge in [0, 0.05) is 25.7 Å². The zero-order chi connectivity index (χ0) is 13.7. The van der Waals surface area contributed by atoms with Crippen molar-refractivity contribution in [1.29, 1.82) is 0 Å². The molecule has 1 aliphatic heterocycles. The standard InChI is InChI=1S/C12H20N4O3/c1-9(7-16-3-5-19-6-4-16)15-11-10(18-2)12(17)14-8-13-11/h8-9H,3-7H2,1-2H3,(H2,13,14,15,17). The van der Waals surface area contributed by atoms with Crippen molar-refractivity contribution in [2.24, 2.45) is 0 Å². The third-order valence-corrected chi connectivity index (χ3v) is 3.03. The van der Waals surface area contributed by atoms with Gasteiger partial charge in [-0.3, -0.25) is 9.69 Å². The van der Waals surface area contributed by atoms with Gasteiger partial charge in [0.15, 0.2) is 5.82 Å². The fraction of sp³-hybridized carbons (Fsp3) is 0.667. The van der Waals surface area contributed by atoms with Gasteiger partial charge in [0.1, 0.15) is 0 Å². The molecule has 2 N–H and O–H groups in total. The van der Waals surface area contributed by atoms with E-state index in [-0.39, 0.29) is 17.4 Å². The van der Waals surface area contributed by atoms with E-state index in [9.17, 15) is 4.79 Å². The largest absolute Gasteiger partial charge is 0.489 e. The molecule has 1 aromatic rings. The molecule has 0 spiro atoms. The van der Waals surface area contributed by atoms with Crippen LogP contribution in [0.5, 0.6) is 5.75 Å². The topological polar surface area (TPSA) is 79.5 Å². The maximum Gasteiger partial charge on any atom is 0.295 e. The normalized spacial score (nSPS) is 18.0. The maximum absolute atomic E-state index is 11.6. The zero-order valence-electron chi connectivity index (χ0n) is 11.3. The molecular formula is C12H20N4O3. The van der Waals surface area contributed by atoms with Crippen LogP contribution >= 0.6 is 0 Å². The second-order valence-electron chi connectivity index (χ2n) is 4.57. The Balaban J connectivity index is 1.96. The number of morpholine rings is 1. The fourth-order valence-corrected chi connectivity index (χ4v) is 2.13. The molecule has 0 saturated carbocycles. The van der Waals surface area contributed by atoms with Crippen LogP contribution in [0, 0.1) is 0 Å². The van der Waals surface area contributed by atoms with Gasteiger partial charge in [0.05, 0.1) is 26.7 Å². The Bertz CT molecular complexity index is 457. The number of methoxy groups -OCH3 is 1. The first-order chi connectivity index (χ1) is 9.20. The Kier molecular flexibility index (Phi) is 4.75. The molecule has 106 valence electrons. The number of aromatic nitrogens is 2. The highest BCUT2D eigenvalue weighted by Gasteiger charge is 2.16. The van der Waals surface area contributed by atoms with E-state index in [4.69, 9.17) is 9.47 Å². The number of aromatic amines is 1. The number of nitrogens with one attached hydrogen (secondary N) is 2. The molecule has 0 bridgehead atoms. The van der Waals surface area contributed by atoms with Crippen LogP contribution in [0.15, 0.2) is 11.1 Å². The Hall–Kier alpha value is -1.60. The van der Waals surface area contributed by atoms with E-state index < -0.39 is 0 Å². The summed E-state index contributed by atoms with van der Waals surface area (Å²) in [5.74, 6) is 0.698. The van der Waals surface area contributed by atoms with Crippen LogP contribution in [0.4, 0.5) is 5.82 Å². The van der Waals surface area contributed by atoms with Crippen LogP contribution in [-0.4, -0.2) is 60.9 Å². The maximum atomic E-state index is 11.6. The zero-order valence-corrected chi connectivity index (χ0v) is 11.3. The van der Waals surface area contributed by atoms with Crippen LogP contribution in [0.25, 0.3) is 0 Å². The van der Waals surface area contributed by atoms with E-state index in [1.165, 1.54) is 13.4 Å². The number of anilines is 1. The Labute approximate surface area is 111 Å². The van der Waals surface area contributed by atoms with Gasteiger partial charge in [-0.25, -0.2) is 4.98 Å².